The Morgan fingerprint density at radius 2 is 2.15 bits per heavy atom. The highest BCUT2D eigenvalue weighted by Gasteiger charge is 2.07. The smallest absolute Gasteiger partial charge is 0.191 e. The highest BCUT2D eigenvalue weighted by molar-refractivity contribution is 14.0. The lowest BCUT2D eigenvalue weighted by Gasteiger charge is -2.17. The SMILES string of the molecule is CN=C(NCc1ccc(F)cc1CSC)NCC(C)Cn1cccn1.I. The van der Waals surface area contributed by atoms with Gasteiger partial charge in [0.2, 0.25) is 0 Å². The molecule has 144 valence electrons. The lowest BCUT2D eigenvalue weighted by atomic mass is 10.1. The van der Waals surface area contributed by atoms with Crippen LogP contribution in [0.5, 0.6) is 0 Å². The molecule has 1 aromatic heterocycles. The maximum absolute atomic E-state index is 13.4. The molecule has 1 atom stereocenters. The summed E-state index contributed by atoms with van der Waals surface area (Å²) < 4.78 is 15.4. The van der Waals surface area contributed by atoms with E-state index >= 15 is 0 Å². The lowest BCUT2D eigenvalue weighted by Crippen LogP contribution is -2.39. The third-order valence-electron chi connectivity index (χ3n) is 3.81. The molecule has 26 heavy (non-hydrogen) atoms. The number of hydrogen-bond donors (Lipinski definition) is 2. The predicted molar refractivity (Wildman–Crippen MR) is 119 cm³/mol. The number of halogens is 2. The van der Waals surface area contributed by atoms with Crippen LogP contribution < -0.4 is 10.6 Å². The Bertz CT molecular complexity index is 678. The summed E-state index contributed by atoms with van der Waals surface area (Å²) in [6.07, 6.45) is 5.77. The van der Waals surface area contributed by atoms with E-state index in [9.17, 15) is 4.39 Å². The fourth-order valence-corrected chi connectivity index (χ4v) is 3.10. The van der Waals surface area contributed by atoms with Gasteiger partial charge in [0.05, 0.1) is 0 Å². The maximum Gasteiger partial charge on any atom is 0.191 e. The Balaban J connectivity index is 0.00000338. The van der Waals surface area contributed by atoms with E-state index in [1.54, 1.807) is 31.1 Å². The largest absolute Gasteiger partial charge is 0.356 e. The van der Waals surface area contributed by atoms with Crippen molar-refractivity contribution in [1.82, 2.24) is 20.4 Å². The summed E-state index contributed by atoms with van der Waals surface area (Å²) in [6.45, 7) is 4.43. The van der Waals surface area contributed by atoms with Crippen LogP contribution in [0, 0.1) is 11.7 Å². The molecule has 0 radical (unpaired) electrons. The van der Waals surface area contributed by atoms with Crippen LogP contribution in [-0.2, 0) is 18.8 Å². The van der Waals surface area contributed by atoms with Crippen molar-refractivity contribution in [1.29, 1.82) is 0 Å². The van der Waals surface area contributed by atoms with Gasteiger partial charge in [-0.2, -0.15) is 16.9 Å². The van der Waals surface area contributed by atoms with Gasteiger partial charge in [-0.05, 0) is 41.5 Å². The van der Waals surface area contributed by atoms with Gasteiger partial charge in [-0.15, -0.1) is 24.0 Å². The monoisotopic (exact) mass is 491 g/mol. The summed E-state index contributed by atoms with van der Waals surface area (Å²) in [5.74, 6) is 1.76. The quantitative estimate of drug-likeness (QED) is 0.337. The van der Waals surface area contributed by atoms with Gasteiger partial charge in [-0.1, -0.05) is 13.0 Å². The molecule has 0 amide bonds. The standard InChI is InChI=1S/C18H26FN5S.HI/c1-14(12-24-8-4-7-23-24)10-21-18(20-2)22-11-15-5-6-17(19)9-16(15)13-25-3;/h4-9,14H,10-13H2,1-3H3,(H2,20,21,22);1H. The molecule has 2 N–H and O–H groups in total. The van der Waals surface area contributed by atoms with E-state index in [-0.39, 0.29) is 29.8 Å². The van der Waals surface area contributed by atoms with Crippen LogP contribution in [0.3, 0.4) is 0 Å². The molecule has 0 saturated heterocycles. The highest BCUT2D eigenvalue weighted by atomic mass is 127. The number of benzene rings is 1. The number of nitrogens with one attached hydrogen (secondary N) is 2. The first-order chi connectivity index (χ1) is 12.1. The number of hydrogen-bond acceptors (Lipinski definition) is 3. The van der Waals surface area contributed by atoms with Crippen LogP contribution in [0.1, 0.15) is 18.1 Å². The van der Waals surface area contributed by atoms with Crippen LogP contribution in [-0.4, -0.2) is 35.6 Å². The minimum atomic E-state index is -0.192. The zero-order valence-electron chi connectivity index (χ0n) is 15.4. The zero-order chi connectivity index (χ0) is 18.1. The molecular formula is C18H27FIN5S. The molecule has 0 saturated carbocycles. The van der Waals surface area contributed by atoms with E-state index in [1.165, 1.54) is 6.07 Å². The van der Waals surface area contributed by atoms with E-state index in [0.717, 1.165) is 35.9 Å². The van der Waals surface area contributed by atoms with Crippen molar-refractivity contribution in [3.63, 3.8) is 0 Å². The molecule has 5 nitrogen and oxygen atoms in total. The van der Waals surface area contributed by atoms with Crippen molar-refractivity contribution < 1.29 is 4.39 Å². The molecule has 1 aromatic carbocycles. The van der Waals surface area contributed by atoms with Gasteiger partial charge in [0.25, 0.3) is 0 Å². The summed E-state index contributed by atoms with van der Waals surface area (Å²) in [5, 5.41) is 10.9. The predicted octanol–water partition coefficient (Wildman–Crippen LogP) is 3.50. The zero-order valence-corrected chi connectivity index (χ0v) is 18.6. The average molecular weight is 491 g/mol. The third kappa shape index (κ3) is 7.53. The van der Waals surface area contributed by atoms with Crippen LogP contribution in [0.4, 0.5) is 4.39 Å². The Morgan fingerprint density at radius 3 is 2.81 bits per heavy atom. The van der Waals surface area contributed by atoms with Gasteiger partial charge in [0.15, 0.2) is 5.96 Å². The number of aromatic nitrogens is 2. The average Bonchev–Trinajstić information content (AvgIpc) is 3.09. The van der Waals surface area contributed by atoms with Crippen LogP contribution in [0.15, 0.2) is 41.7 Å². The Hall–Kier alpha value is -1.29. The van der Waals surface area contributed by atoms with Gasteiger partial charge in [-0.3, -0.25) is 9.67 Å². The minimum Gasteiger partial charge on any atom is -0.356 e. The number of guanidine groups is 1. The number of rotatable bonds is 8. The Morgan fingerprint density at radius 1 is 1.35 bits per heavy atom. The molecule has 1 heterocycles. The number of thioether (sulfide) groups is 1. The van der Waals surface area contributed by atoms with Crippen molar-refractivity contribution in [3.05, 3.63) is 53.6 Å². The molecule has 1 unspecified atom stereocenters. The second kappa shape index (κ2) is 12.2. The van der Waals surface area contributed by atoms with Crippen molar-refractivity contribution in [2.75, 3.05) is 19.8 Å². The topological polar surface area (TPSA) is 54.2 Å². The van der Waals surface area contributed by atoms with E-state index in [1.807, 2.05) is 29.3 Å². The third-order valence-corrected chi connectivity index (χ3v) is 4.41. The van der Waals surface area contributed by atoms with Crippen LogP contribution >= 0.6 is 35.7 Å². The normalized spacial score (nSPS) is 12.4. The molecule has 0 aliphatic heterocycles. The summed E-state index contributed by atoms with van der Waals surface area (Å²) in [7, 11) is 1.75. The molecule has 2 rings (SSSR count). The number of aliphatic imine (C=N–C) groups is 1. The molecule has 0 bridgehead atoms. The summed E-state index contributed by atoms with van der Waals surface area (Å²) in [6, 6.07) is 6.87. The molecule has 8 heteroatoms. The molecule has 0 aliphatic carbocycles. The summed E-state index contributed by atoms with van der Waals surface area (Å²) in [5.41, 5.74) is 2.10. The van der Waals surface area contributed by atoms with Crippen LogP contribution in [0.25, 0.3) is 0 Å². The maximum atomic E-state index is 13.4. The van der Waals surface area contributed by atoms with Crippen molar-refractivity contribution in [3.8, 4) is 0 Å². The van der Waals surface area contributed by atoms with Gasteiger partial charge in [-0.25, -0.2) is 4.39 Å². The molecular weight excluding hydrogens is 464 g/mol. The Labute approximate surface area is 176 Å². The van der Waals surface area contributed by atoms with Crippen molar-refractivity contribution in [2.45, 2.75) is 25.8 Å². The van der Waals surface area contributed by atoms with Crippen molar-refractivity contribution in [2.24, 2.45) is 10.9 Å². The molecule has 0 spiro atoms. The summed E-state index contributed by atoms with van der Waals surface area (Å²) >= 11 is 1.68. The first-order valence-corrected chi connectivity index (χ1v) is 9.70. The van der Waals surface area contributed by atoms with Gasteiger partial charge < -0.3 is 10.6 Å². The molecule has 0 aliphatic rings. The first kappa shape index (κ1) is 22.8. The second-order valence-corrected chi connectivity index (χ2v) is 6.85. The van der Waals surface area contributed by atoms with Gasteiger partial charge in [0.1, 0.15) is 5.82 Å². The fourth-order valence-electron chi connectivity index (χ4n) is 2.52. The van der Waals surface area contributed by atoms with E-state index < -0.39 is 0 Å². The second-order valence-electron chi connectivity index (χ2n) is 5.99. The van der Waals surface area contributed by atoms with Crippen molar-refractivity contribution >= 4 is 41.7 Å². The molecule has 2 aromatic rings. The highest BCUT2D eigenvalue weighted by Crippen LogP contribution is 2.16. The van der Waals surface area contributed by atoms with E-state index in [4.69, 9.17) is 0 Å². The first-order valence-electron chi connectivity index (χ1n) is 8.30. The summed E-state index contributed by atoms with van der Waals surface area (Å²) in [4.78, 5) is 4.26. The lowest BCUT2D eigenvalue weighted by molar-refractivity contribution is 0.443. The van der Waals surface area contributed by atoms with E-state index in [0.29, 0.717) is 12.5 Å². The Kier molecular flexibility index (Phi) is 10.6. The van der Waals surface area contributed by atoms with Gasteiger partial charge in [0, 0.05) is 44.8 Å². The van der Waals surface area contributed by atoms with Crippen LogP contribution in [0.2, 0.25) is 0 Å². The van der Waals surface area contributed by atoms with Gasteiger partial charge >= 0.3 is 0 Å². The minimum absolute atomic E-state index is 0. The number of nitrogens with zero attached hydrogens (tertiary/aromatic N) is 3. The fraction of sp³-hybridized carbons (Fsp3) is 0.444. The van der Waals surface area contributed by atoms with E-state index in [2.05, 4.69) is 27.6 Å². The molecule has 0 fully saturated rings.